The summed E-state index contributed by atoms with van der Waals surface area (Å²) in [5.74, 6) is -5.24. The largest absolute Gasteiger partial charge is 0.508 e. The summed E-state index contributed by atoms with van der Waals surface area (Å²) in [6.45, 7) is 0. The summed E-state index contributed by atoms with van der Waals surface area (Å²) in [4.78, 5) is 11.0. The van der Waals surface area contributed by atoms with Crippen molar-refractivity contribution in [1.82, 2.24) is 0 Å². The summed E-state index contributed by atoms with van der Waals surface area (Å²) < 4.78 is 31.4. The third-order valence-electron chi connectivity index (χ3n) is 3.02. The van der Waals surface area contributed by atoms with Crippen LogP contribution in [0.4, 0.5) is 8.78 Å². The van der Waals surface area contributed by atoms with Crippen LogP contribution in [-0.2, 0) is 10.2 Å². The zero-order valence-corrected chi connectivity index (χ0v) is 8.91. The minimum absolute atomic E-state index is 0.223. The molecule has 17 heavy (non-hydrogen) atoms. The molecule has 1 aliphatic carbocycles. The molecule has 0 spiro atoms. The van der Waals surface area contributed by atoms with E-state index in [0.29, 0.717) is 0 Å². The summed E-state index contributed by atoms with van der Waals surface area (Å²) in [5.41, 5.74) is -2.64. The fraction of sp³-hybridized carbons (Fsp3) is 0.364. The van der Waals surface area contributed by atoms with Crippen LogP contribution in [0, 0.1) is 0 Å². The molecule has 2 N–H and O–H groups in total. The van der Waals surface area contributed by atoms with Gasteiger partial charge < -0.3 is 14.9 Å². The van der Waals surface area contributed by atoms with E-state index in [9.17, 15) is 18.7 Å². The summed E-state index contributed by atoms with van der Waals surface area (Å²) >= 11 is 0. The van der Waals surface area contributed by atoms with Crippen molar-refractivity contribution < 1.29 is 28.5 Å². The Bertz CT molecular complexity index is 486. The molecule has 0 radical (unpaired) electrons. The first kappa shape index (κ1) is 11.6. The van der Waals surface area contributed by atoms with Crippen molar-refractivity contribution in [2.45, 2.75) is 17.8 Å². The third kappa shape index (κ3) is 1.44. The predicted molar refractivity (Wildman–Crippen MR) is 53.5 cm³/mol. The number of hydrogen-bond donors (Lipinski definition) is 2. The lowest BCUT2D eigenvalue weighted by molar-refractivity contribution is -0.143. The number of halogens is 2. The quantitative estimate of drug-likeness (QED) is 0.850. The van der Waals surface area contributed by atoms with Gasteiger partial charge in [0, 0.05) is 12.0 Å². The number of methoxy groups -OCH3 is 1. The van der Waals surface area contributed by atoms with Crippen LogP contribution in [0.1, 0.15) is 12.0 Å². The van der Waals surface area contributed by atoms with E-state index in [-0.39, 0.29) is 11.3 Å². The van der Waals surface area contributed by atoms with E-state index >= 15 is 0 Å². The molecule has 0 amide bonds. The van der Waals surface area contributed by atoms with E-state index in [1.165, 1.54) is 13.2 Å². The first-order valence-corrected chi connectivity index (χ1v) is 4.84. The number of aliphatic carboxylic acids is 1. The monoisotopic (exact) mass is 244 g/mol. The van der Waals surface area contributed by atoms with Crippen LogP contribution >= 0.6 is 0 Å². The van der Waals surface area contributed by atoms with Gasteiger partial charge in [0.15, 0.2) is 5.41 Å². The number of aromatic hydroxyl groups is 1. The molecule has 4 nitrogen and oxygen atoms in total. The van der Waals surface area contributed by atoms with Crippen LogP contribution in [0.2, 0.25) is 0 Å². The number of rotatable bonds is 3. The minimum Gasteiger partial charge on any atom is -0.508 e. The molecule has 0 saturated heterocycles. The molecule has 92 valence electrons. The Morgan fingerprint density at radius 2 is 2.06 bits per heavy atom. The number of carboxylic acid groups (broad SMARTS) is 1. The maximum absolute atomic E-state index is 13.3. The van der Waals surface area contributed by atoms with Crippen molar-refractivity contribution in [2.24, 2.45) is 0 Å². The van der Waals surface area contributed by atoms with Crippen LogP contribution < -0.4 is 4.74 Å². The van der Waals surface area contributed by atoms with E-state index in [2.05, 4.69) is 0 Å². The highest BCUT2D eigenvalue weighted by Crippen LogP contribution is 2.63. The summed E-state index contributed by atoms with van der Waals surface area (Å²) in [6.07, 6.45) is -0.809. The van der Waals surface area contributed by atoms with Gasteiger partial charge in [0.1, 0.15) is 11.5 Å². The Morgan fingerprint density at radius 3 is 2.47 bits per heavy atom. The smallest absolute Gasteiger partial charge is 0.320 e. The Balaban J connectivity index is 2.57. The first-order valence-electron chi connectivity index (χ1n) is 4.84. The molecule has 1 aromatic carbocycles. The average Bonchev–Trinajstić information content (AvgIpc) is 2.84. The highest BCUT2D eigenvalue weighted by atomic mass is 19.3. The second kappa shape index (κ2) is 3.32. The van der Waals surface area contributed by atoms with E-state index in [1.807, 2.05) is 0 Å². The van der Waals surface area contributed by atoms with E-state index in [1.54, 1.807) is 0 Å². The molecule has 0 heterocycles. The second-order valence-corrected chi connectivity index (χ2v) is 3.97. The molecule has 1 fully saturated rings. The molecule has 1 saturated carbocycles. The fourth-order valence-electron chi connectivity index (χ4n) is 1.91. The lowest BCUT2D eigenvalue weighted by Crippen LogP contribution is -2.27. The molecule has 6 heteroatoms. The van der Waals surface area contributed by atoms with E-state index in [4.69, 9.17) is 9.84 Å². The zero-order valence-electron chi connectivity index (χ0n) is 8.91. The molecular formula is C11H10F2O4. The van der Waals surface area contributed by atoms with Crippen LogP contribution in [0.5, 0.6) is 11.5 Å². The van der Waals surface area contributed by atoms with Gasteiger partial charge in [0.2, 0.25) is 0 Å². The molecule has 1 aliphatic rings. The number of carbonyl (C=O) groups is 1. The maximum Gasteiger partial charge on any atom is 0.320 e. The Labute approximate surface area is 95.4 Å². The number of alkyl halides is 2. The van der Waals surface area contributed by atoms with Gasteiger partial charge >= 0.3 is 5.97 Å². The van der Waals surface area contributed by atoms with Crippen molar-refractivity contribution in [3.05, 3.63) is 23.8 Å². The molecule has 0 aromatic heterocycles. The molecule has 2 rings (SSSR count). The Kier molecular flexibility index (Phi) is 2.27. The van der Waals surface area contributed by atoms with Crippen molar-refractivity contribution in [2.75, 3.05) is 7.11 Å². The number of carboxylic acids is 1. The van der Waals surface area contributed by atoms with Gasteiger partial charge in [-0.2, -0.15) is 0 Å². The van der Waals surface area contributed by atoms with Gasteiger partial charge in [-0.25, -0.2) is 8.78 Å². The lowest BCUT2D eigenvalue weighted by Gasteiger charge is -2.14. The van der Waals surface area contributed by atoms with Crippen LogP contribution in [0.3, 0.4) is 0 Å². The molecule has 1 aromatic rings. The Hall–Kier alpha value is -1.85. The van der Waals surface area contributed by atoms with Crippen LogP contribution in [0.15, 0.2) is 18.2 Å². The van der Waals surface area contributed by atoms with Crippen LogP contribution in [-0.4, -0.2) is 29.2 Å². The molecule has 1 unspecified atom stereocenters. The van der Waals surface area contributed by atoms with Gasteiger partial charge in [-0.1, -0.05) is 0 Å². The summed E-state index contributed by atoms with van der Waals surface area (Å²) in [6, 6.07) is 3.65. The molecule has 1 atom stereocenters. The van der Waals surface area contributed by atoms with Crippen molar-refractivity contribution in [3.8, 4) is 11.5 Å². The van der Waals surface area contributed by atoms with Crippen molar-refractivity contribution in [1.29, 1.82) is 0 Å². The number of phenols is 1. The summed E-state index contributed by atoms with van der Waals surface area (Å²) in [7, 11) is 1.33. The van der Waals surface area contributed by atoms with Crippen molar-refractivity contribution >= 4 is 5.97 Å². The summed E-state index contributed by atoms with van der Waals surface area (Å²) in [5, 5.41) is 18.5. The van der Waals surface area contributed by atoms with Gasteiger partial charge in [-0.05, 0) is 18.2 Å². The predicted octanol–water partition coefficient (Wildman–Crippen LogP) is 1.76. The molecular weight excluding hydrogens is 234 g/mol. The van der Waals surface area contributed by atoms with Gasteiger partial charge in [-0.3, -0.25) is 4.79 Å². The number of phenolic OH excluding ortho intramolecular Hbond substituents is 1. The first-order chi connectivity index (χ1) is 7.85. The Morgan fingerprint density at radius 1 is 1.47 bits per heavy atom. The topological polar surface area (TPSA) is 66.8 Å². The zero-order chi connectivity index (χ0) is 12.8. The number of ether oxygens (including phenoxy) is 1. The molecule has 0 aliphatic heterocycles. The lowest BCUT2D eigenvalue weighted by atomic mass is 9.94. The molecule has 0 bridgehead atoms. The highest BCUT2D eigenvalue weighted by molar-refractivity contribution is 5.89. The fourth-order valence-corrected chi connectivity index (χ4v) is 1.91. The average molecular weight is 244 g/mol. The van der Waals surface area contributed by atoms with Gasteiger partial charge in [-0.15, -0.1) is 0 Å². The standard InChI is InChI=1S/C11H10F2O4/c1-17-6-2-3-8(14)7(4-6)10(9(15)16)5-11(10,12)13/h2-4,14H,5H2,1H3,(H,15,16). The highest BCUT2D eigenvalue weighted by Gasteiger charge is 2.78. The van der Waals surface area contributed by atoms with E-state index < -0.39 is 29.5 Å². The second-order valence-electron chi connectivity index (χ2n) is 3.97. The normalized spacial score (nSPS) is 25.4. The number of benzene rings is 1. The maximum atomic E-state index is 13.3. The van der Waals surface area contributed by atoms with Gasteiger partial charge in [0.25, 0.3) is 5.92 Å². The van der Waals surface area contributed by atoms with E-state index in [0.717, 1.165) is 12.1 Å². The van der Waals surface area contributed by atoms with Crippen molar-refractivity contribution in [3.63, 3.8) is 0 Å². The SMILES string of the molecule is COc1ccc(O)c(C2(C(=O)O)CC2(F)F)c1. The third-order valence-corrected chi connectivity index (χ3v) is 3.02. The van der Waals surface area contributed by atoms with Gasteiger partial charge in [0.05, 0.1) is 7.11 Å². The number of hydrogen-bond acceptors (Lipinski definition) is 3. The minimum atomic E-state index is -3.34. The van der Waals surface area contributed by atoms with Crippen LogP contribution in [0.25, 0.3) is 0 Å².